The summed E-state index contributed by atoms with van der Waals surface area (Å²) in [4.78, 5) is 22.2. The summed E-state index contributed by atoms with van der Waals surface area (Å²) < 4.78 is 41.5. The SMILES string of the molecule is COC(=O)CC[C@@H](Cc1ccccc1N)NC(=O)C(F)(F)F. The Morgan fingerprint density at radius 2 is 1.95 bits per heavy atom. The molecular formula is C14H17F3N2O3. The highest BCUT2D eigenvalue weighted by molar-refractivity contribution is 5.82. The number of rotatable bonds is 6. The number of nitrogens with two attached hydrogens (primary N) is 1. The summed E-state index contributed by atoms with van der Waals surface area (Å²) in [7, 11) is 1.18. The minimum absolute atomic E-state index is 0.0167. The molecule has 1 atom stereocenters. The molecule has 122 valence electrons. The highest BCUT2D eigenvalue weighted by atomic mass is 19.4. The Labute approximate surface area is 125 Å². The number of carbonyl (C=O) groups excluding carboxylic acids is 2. The fourth-order valence-electron chi connectivity index (χ4n) is 1.87. The normalized spacial score (nSPS) is 12.5. The van der Waals surface area contributed by atoms with Crippen molar-refractivity contribution in [2.45, 2.75) is 31.5 Å². The number of nitrogens with one attached hydrogen (secondary N) is 1. The van der Waals surface area contributed by atoms with Gasteiger partial charge in [-0.05, 0) is 24.5 Å². The number of halogens is 3. The van der Waals surface area contributed by atoms with Crippen LogP contribution in [0.15, 0.2) is 24.3 Å². The third-order valence-electron chi connectivity index (χ3n) is 3.04. The number of para-hydroxylation sites is 1. The molecule has 0 aromatic heterocycles. The Bertz CT molecular complexity index is 532. The van der Waals surface area contributed by atoms with E-state index in [0.29, 0.717) is 11.3 Å². The lowest BCUT2D eigenvalue weighted by molar-refractivity contribution is -0.174. The molecule has 0 spiro atoms. The Hall–Kier alpha value is -2.25. The number of nitrogen functional groups attached to an aromatic ring is 1. The second-order valence-corrected chi connectivity index (χ2v) is 4.69. The maximum atomic E-state index is 12.4. The van der Waals surface area contributed by atoms with Gasteiger partial charge in [0.25, 0.3) is 0 Å². The van der Waals surface area contributed by atoms with Crippen LogP contribution in [0.25, 0.3) is 0 Å². The van der Waals surface area contributed by atoms with Gasteiger partial charge in [-0.15, -0.1) is 0 Å². The molecule has 0 radical (unpaired) electrons. The van der Waals surface area contributed by atoms with Gasteiger partial charge in [0.2, 0.25) is 0 Å². The second-order valence-electron chi connectivity index (χ2n) is 4.69. The Morgan fingerprint density at radius 1 is 1.32 bits per heavy atom. The zero-order valence-corrected chi connectivity index (χ0v) is 11.9. The van der Waals surface area contributed by atoms with Crippen LogP contribution in [0.4, 0.5) is 18.9 Å². The average molecular weight is 318 g/mol. The molecule has 5 nitrogen and oxygen atoms in total. The lowest BCUT2D eigenvalue weighted by atomic mass is 10.0. The van der Waals surface area contributed by atoms with Crippen molar-refractivity contribution in [3.8, 4) is 0 Å². The minimum atomic E-state index is -4.98. The maximum absolute atomic E-state index is 12.4. The minimum Gasteiger partial charge on any atom is -0.469 e. The number of alkyl halides is 3. The molecule has 22 heavy (non-hydrogen) atoms. The molecule has 0 heterocycles. The fourth-order valence-corrected chi connectivity index (χ4v) is 1.87. The van der Waals surface area contributed by atoms with Crippen molar-refractivity contribution in [3.63, 3.8) is 0 Å². The van der Waals surface area contributed by atoms with E-state index >= 15 is 0 Å². The van der Waals surface area contributed by atoms with Gasteiger partial charge in [0.05, 0.1) is 7.11 Å². The first kappa shape index (κ1) is 17.8. The monoisotopic (exact) mass is 318 g/mol. The molecule has 0 saturated carbocycles. The van der Waals surface area contributed by atoms with E-state index in [-0.39, 0.29) is 19.3 Å². The van der Waals surface area contributed by atoms with Crippen LogP contribution >= 0.6 is 0 Å². The van der Waals surface area contributed by atoms with E-state index in [0.717, 1.165) is 0 Å². The third kappa shape index (κ3) is 5.63. The van der Waals surface area contributed by atoms with Gasteiger partial charge in [0.1, 0.15) is 0 Å². The highest BCUT2D eigenvalue weighted by Crippen LogP contribution is 2.18. The van der Waals surface area contributed by atoms with Gasteiger partial charge in [-0.2, -0.15) is 13.2 Å². The lowest BCUT2D eigenvalue weighted by Gasteiger charge is -2.20. The summed E-state index contributed by atoms with van der Waals surface area (Å²) in [6.07, 6.45) is -4.98. The number of ether oxygens (including phenoxy) is 1. The van der Waals surface area contributed by atoms with Crippen molar-refractivity contribution in [2.75, 3.05) is 12.8 Å². The average Bonchev–Trinajstić information content (AvgIpc) is 2.45. The van der Waals surface area contributed by atoms with Gasteiger partial charge in [0, 0.05) is 18.2 Å². The number of hydrogen-bond acceptors (Lipinski definition) is 4. The van der Waals surface area contributed by atoms with Crippen molar-refractivity contribution in [2.24, 2.45) is 0 Å². The molecule has 1 aromatic carbocycles. The smallest absolute Gasteiger partial charge is 0.469 e. The Morgan fingerprint density at radius 3 is 2.50 bits per heavy atom. The largest absolute Gasteiger partial charge is 0.471 e. The van der Waals surface area contributed by atoms with Crippen LogP contribution in [0.1, 0.15) is 18.4 Å². The number of hydrogen-bond donors (Lipinski definition) is 2. The summed E-state index contributed by atoms with van der Waals surface area (Å²) >= 11 is 0. The van der Waals surface area contributed by atoms with E-state index in [1.807, 2.05) is 5.32 Å². The zero-order valence-electron chi connectivity index (χ0n) is 11.9. The molecule has 0 bridgehead atoms. The maximum Gasteiger partial charge on any atom is 0.471 e. The van der Waals surface area contributed by atoms with Crippen molar-refractivity contribution < 1.29 is 27.5 Å². The molecule has 0 unspecified atom stereocenters. The molecule has 1 amide bonds. The van der Waals surface area contributed by atoms with Crippen LogP contribution < -0.4 is 11.1 Å². The van der Waals surface area contributed by atoms with Gasteiger partial charge < -0.3 is 15.8 Å². The van der Waals surface area contributed by atoms with E-state index in [4.69, 9.17) is 5.73 Å². The van der Waals surface area contributed by atoms with Crippen molar-refractivity contribution in [1.29, 1.82) is 0 Å². The summed E-state index contributed by atoms with van der Waals surface area (Å²) in [6, 6.07) is 5.77. The number of carbonyl (C=O) groups is 2. The molecule has 3 N–H and O–H groups in total. The van der Waals surface area contributed by atoms with Crippen LogP contribution in [0.5, 0.6) is 0 Å². The molecule has 0 aliphatic rings. The van der Waals surface area contributed by atoms with Crippen LogP contribution in [-0.2, 0) is 20.7 Å². The number of esters is 1. The van der Waals surface area contributed by atoms with E-state index < -0.39 is 24.1 Å². The highest BCUT2D eigenvalue weighted by Gasteiger charge is 2.39. The summed E-state index contributed by atoms with van der Waals surface area (Å²) in [5.41, 5.74) is 6.75. The number of benzene rings is 1. The number of anilines is 1. The first-order chi connectivity index (χ1) is 10.2. The molecule has 0 saturated heterocycles. The van der Waals surface area contributed by atoms with Crippen molar-refractivity contribution in [3.05, 3.63) is 29.8 Å². The molecule has 0 fully saturated rings. The second kappa shape index (κ2) is 7.67. The lowest BCUT2D eigenvalue weighted by Crippen LogP contribution is -2.44. The molecule has 1 aromatic rings. The quantitative estimate of drug-likeness (QED) is 0.619. The van der Waals surface area contributed by atoms with Gasteiger partial charge in [0.15, 0.2) is 0 Å². The van der Waals surface area contributed by atoms with E-state index in [1.54, 1.807) is 24.3 Å². The van der Waals surface area contributed by atoms with Gasteiger partial charge in [-0.25, -0.2) is 0 Å². The standard InChI is InChI=1S/C14H17F3N2O3/c1-22-12(20)7-6-10(19-13(21)14(15,16)17)8-9-4-2-3-5-11(9)18/h2-5,10H,6-8,18H2,1H3,(H,19,21)/t10-/m0/s1. The topological polar surface area (TPSA) is 81.4 Å². The van der Waals surface area contributed by atoms with Crippen LogP contribution in [0.2, 0.25) is 0 Å². The summed E-state index contributed by atoms with van der Waals surface area (Å²) in [5.74, 6) is -2.61. The number of amides is 1. The molecular weight excluding hydrogens is 301 g/mol. The number of methoxy groups -OCH3 is 1. The van der Waals surface area contributed by atoms with Crippen LogP contribution in [-0.4, -0.2) is 31.2 Å². The zero-order chi connectivity index (χ0) is 16.8. The van der Waals surface area contributed by atoms with Crippen LogP contribution in [0.3, 0.4) is 0 Å². The first-order valence-electron chi connectivity index (χ1n) is 6.52. The Balaban J connectivity index is 2.79. The fraction of sp³-hybridized carbons (Fsp3) is 0.429. The molecule has 0 aliphatic heterocycles. The molecule has 0 aliphatic carbocycles. The summed E-state index contributed by atoms with van der Waals surface area (Å²) in [5, 5.41) is 1.88. The van der Waals surface area contributed by atoms with E-state index in [9.17, 15) is 22.8 Å². The van der Waals surface area contributed by atoms with E-state index in [1.165, 1.54) is 7.11 Å². The third-order valence-corrected chi connectivity index (χ3v) is 3.04. The van der Waals surface area contributed by atoms with Crippen molar-refractivity contribution in [1.82, 2.24) is 5.32 Å². The van der Waals surface area contributed by atoms with Crippen molar-refractivity contribution >= 4 is 17.6 Å². The molecule has 1 rings (SSSR count). The first-order valence-corrected chi connectivity index (χ1v) is 6.52. The predicted molar refractivity (Wildman–Crippen MR) is 73.8 cm³/mol. The predicted octanol–water partition coefficient (Wildman–Crippen LogP) is 1.81. The summed E-state index contributed by atoms with van der Waals surface area (Å²) in [6.45, 7) is 0. The van der Waals surface area contributed by atoms with Crippen LogP contribution in [0, 0.1) is 0 Å². The van der Waals surface area contributed by atoms with Gasteiger partial charge >= 0.3 is 18.1 Å². The van der Waals surface area contributed by atoms with Gasteiger partial charge in [-0.1, -0.05) is 18.2 Å². The van der Waals surface area contributed by atoms with Gasteiger partial charge in [-0.3, -0.25) is 9.59 Å². The van der Waals surface area contributed by atoms with E-state index in [2.05, 4.69) is 4.74 Å². The Kier molecular flexibility index (Phi) is 6.21. The molecule has 8 heteroatoms.